The topological polar surface area (TPSA) is 225 Å². The molecule has 2 saturated heterocycles. The first-order valence-corrected chi connectivity index (χ1v) is 23.5. The summed E-state index contributed by atoms with van der Waals surface area (Å²) in [6, 6.07) is 8.45. The van der Waals surface area contributed by atoms with Crippen LogP contribution >= 0.6 is 23.4 Å². The Morgan fingerprint density at radius 1 is 0.857 bits per heavy atom. The summed E-state index contributed by atoms with van der Waals surface area (Å²) in [4.78, 5) is 67.7. The number of anilines is 1. The number of nitrogens with zero attached hydrogens (tertiary/aromatic N) is 1. The van der Waals surface area contributed by atoms with Crippen molar-refractivity contribution in [2.24, 2.45) is 0 Å². The predicted octanol–water partition coefficient (Wildman–Crippen LogP) is 8.55. The van der Waals surface area contributed by atoms with E-state index >= 15 is 0 Å². The number of carbonyl (C=O) groups is 5. The van der Waals surface area contributed by atoms with Crippen LogP contribution < -0.4 is 26.0 Å². The molecule has 0 bridgehead atoms. The van der Waals surface area contributed by atoms with Crippen molar-refractivity contribution in [1.82, 2.24) is 16.0 Å². The number of carbonyl (C=O) groups excluding carboxylic acids is 5. The third kappa shape index (κ3) is 23.2. The number of nitrogens with one attached hydrogen (secondary N) is 4. The zero-order valence-corrected chi connectivity index (χ0v) is 38.9. The summed E-state index contributed by atoms with van der Waals surface area (Å²) in [5.41, 5.74) is 0.00704. The molecular weight excluding hydrogens is 854 g/mol. The first kappa shape index (κ1) is 54.7. The summed E-state index contributed by atoms with van der Waals surface area (Å²) >= 11 is 7.79. The maximum atomic E-state index is 12.4. The molecule has 4 amide bonds. The van der Waals surface area contributed by atoms with Gasteiger partial charge in [0.2, 0.25) is 5.91 Å². The summed E-state index contributed by atoms with van der Waals surface area (Å²) in [5, 5.41) is 32.8. The molecule has 2 heterocycles. The Balaban J connectivity index is 0.000000334. The van der Waals surface area contributed by atoms with E-state index in [2.05, 4.69) is 28.2 Å². The molecule has 63 heavy (non-hydrogen) atoms. The number of hydrogen-bond donors (Lipinski definition) is 5. The highest BCUT2D eigenvalue weighted by molar-refractivity contribution is 8.00. The number of benzene rings is 2. The fourth-order valence-electron chi connectivity index (χ4n) is 6.62. The van der Waals surface area contributed by atoms with Crippen molar-refractivity contribution >= 4 is 64.1 Å². The van der Waals surface area contributed by atoms with E-state index in [0.717, 1.165) is 76.6 Å². The first-order chi connectivity index (χ1) is 30.3. The van der Waals surface area contributed by atoms with Crippen molar-refractivity contribution in [3.8, 4) is 11.5 Å². The van der Waals surface area contributed by atoms with Gasteiger partial charge in [-0.05, 0) is 76.6 Å². The van der Waals surface area contributed by atoms with Crippen LogP contribution in [0.15, 0.2) is 36.4 Å². The van der Waals surface area contributed by atoms with Gasteiger partial charge in [0.1, 0.15) is 29.7 Å². The number of aromatic hydroxyl groups is 1. The summed E-state index contributed by atoms with van der Waals surface area (Å²) in [7, 11) is 0. The minimum Gasteiger partial charge on any atom is -0.507 e. The molecule has 352 valence electrons. The molecule has 0 aromatic heterocycles. The highest BCUT2D eigenvalue weighted by atomic mass is 35.5. The van der Waals surface area contributed by atoms with Crippen LogP contribution in [0.2, 0.25) is 5.02 Å². The van der Waals surface area contributed by atoms with E-state index in [1.807, 2.05) is 25.6 Å². The molecule has 0 aliphatic carbocycles. The van der Waals surface area contributed by atoms with Gasteiger partial charge >= 0.3 is 6.03 Å². The Morgan fingerprint density at radius 3 is 2.19 bits per heavy atom. The average molecular weight is 923 g/mol. The number of rotatable bonds is 28. The highest BCUT2D eigenvalue weighted by Crippen LogP contribution is 2.34. The lowest BCUT2D eigenvalue weighted by Gasteiger charge is -2.16. The minimum atomic E-state index is -0.631. The number of unbranched alkanes of at least 4 members (excludes halogenated alkanes) is 5. The largest absolute Gasteiger partial charge is 0.507 e. The van der Waals surface area contributed by atoms with E-state index < -0.39 is 10.8 Å². The van der Waals surface area contributed by atoms with Crippen molar-refractivity contribution in [2.75, 3.05) is 50.6 Å². The molecule has 2 fully saturated rings. The van der Waals surface area contributed by atoms with E-state index in [-0.39, 0.29) is 52.0 Å². The Kier molecular flexibility index (Phi) is 28.0. The Hall–Kier alpha value is -4.45. The number of urea groups is 1. The van der Waals surface area contributed by atoms with Gasteiger partial charge in [-0.1, -0.05) is 44.2 Å². The third-order valence-electron chi connectivity index (χ3n) is 9.96. The molecule has 2 aromatic rings. The number of halogens is 1. The molecule has 16 nitrogen and oxygen atoms in total. The first-order valence-electron chi connectivity index (χ1n) is 22.1. The van der Waals surface area contributed by atoms with Gasteiger partial charge < -0.3 is 40.6 Å². The van der Waals surface area contributed by atoms with Crippen LogP contribution in [0.4, 0.5) is 16.2 Å². The Labute approximate surface area is 381 Å². The second-order valence-electron chi connectivity index (χ2n) is 15.1. The number of amides is 4. The van der Waals surface area contributed by atoms with Crippen LogP contribution in [-0.2, 0) is 23.9 Å². The maximum absolute atomic E-state index is 12.4. The molecule has 0 saturated carbocycles. The molecule has 0 radical (unpaired) electrons. The van der Waals surface area contributed by atoms with Crippen LogP contribution in [-0.4, -0.2) is 102 Å². The van der Waals surface area contributed by atoms with Gasteiger partial charge in [-0.25, -0.2) is 4.79 Å². The van der Waals surface area contributed by atoms with Gasteiger partial charge in [-0.2, -0.15) is 11.8 Å². The number of Topliss-reactive ketones (excluding diaryl/α,β-unsaturated/α-hetero) is 2. The zero-order valence-electron chi connectivity index (χ0n) is 37.3. The molecule has 3 atom stereocenters. The standard InChI is InChI=1S/C17H17ClN2O6.C15H26N2O2S.C13H25NO3/c1-2-25-7-8-26-16-10-12(20(23)24)4-5-14(16)19-17(22)13-9-11(18)3-6-15(13)21;1-2-3-4-7-11(18)8-5-6-9-13-14-12(10-20-13)16-15(19)17-14;1-3-17-11-7-9-13(16)8-5-4-6-10-14-12(2)15/h3-6,9-10,21H,2,7-8H2,1H3,(H,19,22);12-14H,2-10H2,1H3,(H2,16,17,19);3-11H2,1-2H3,(H,14,15). The molecule has 2 aliphatic heterocycles. The molecule has 18 heteroatoms. The number of non-ortho nitro benzene ring substituents is 1. The lowest BCUT2D eigenvalue weighted by molar-refractivity contribution is -0.384. The minimum absolute atomic E-state index is 0.0111. The average Bonchev–Trinajstić information content (AvgIpc) is 3.81. The summed E-state index contributed by atoms with van der Waals surface area (Å²) < 4.78 is 15.8. The second-order valence-corrected chi connectivity index (χ2v) is 16.8. The summed E-state index contributed by atoms with van der Waals surface area (Å²) in [6.07, 6.45) is 13.1. The summed E-state index contributed by atoms with van der Waals surface area (Å²) in [5.74, 6) is 1.02. The second kappa shape index (κ2) is 32.2. The molecule has 4 rings (SSSR count). The fourth-order valence-corrected chi connectivity index (χ4v) is 8.33. The monoisotopic (exact) mass is 921 g/mol. The quantitative estimate of drug-likeness (QED) is 0.0234. The normalized spacial score (nSPS) is 16.0. The smallest absolute Gasteiger partial charge is 0.315 e. The van der Waals surface area contributed by atoms with Crippen LogP contribution in [0.1, 0.15) is 128 Å². The Bertz CT molecular complexity index is 1740. The fraction of sp³-hybridized carbons (Fsp3) is 0.622. The zero-order chi connectivity index (χ0) is 46.4. The van der Waals surface area contributed by atoms with Gasteiger partial charge in [0.15, 0.2) is 0 Å². The number of fused-ring (bicyclic) bond motifs is 1. The SMILES string of the molecule is CCCCCC(=O)CCCCC1SCC2NC(=O)NC21.CCOCCCC(=O)CCCCCNC(C)=O.CCOCCOc1cc([N+](=O)[O-])ccc1NC(=O)c1cc(Cl)ccc1O. The van der Waals surface area contributed by atoms with Crippen molar-refractivity contribution in [3.05, 3.63) is 57.1 Å². The lowest BCUT2D eigenvalue weighted by atomic mass is 10.0. The number of ether oxygens (including phenoxy) is 3. The van der Waals surface area contributed by atoms with Crippen LogP contribution in [0.5, 0.6) is 11.5 Å². The van der Waals surface area contributed by atoms with Crippen LogP contribution in [0, 0.1) is 10.1 Å². The van der Waals surface area contributed by atoms with Gasteiger partial charge in [0.25, 0.3) is 11.6 Å². The van der Waals surface area contributed by atoms with E-state index in [4.69, 9.17) is 25.8 Å². The third-order valence-corrected chi connectivity index (χ3v) is 11.7. The van der Waals surface area contributed by atoms with Crippen molar-refractivity contribution < 1.29 is 48.2 Å². The number of nitro groups is 1. The molecule has 0 spiro atoms. The van der Waals surface area contributed by atoms with Crippen molar-refractivity contribution in [1.29, 1.82) is 0 Å². The van der Waals surface area contributed by atoms with Gasteiger partial charge in [-0.15, -0.1) is 0 Å². The van der Waals surface area contributed by atoms with Gasteiger partial charge in [-0.3, -0.25) is 29.3 Å². The molecule has 3 unspecified atom stereocenters. The van der Waals surface area contributed by atoms with Crippen molar-refractivity contribution in [3.63, 3.8) is 0 Å². The van der Waals surface area contributed by atoms with Gasteiger partial charge in [0.05, 0.1) is 40.9 Å². The molecule has 2 aromatic carbocycles. The highest BCUT2D eigenvalue weighted by Gasteiger charge is 2.42. The lowest BCUT2D eigenvalue weighted by Crippen LogP contribution is -2.36. The Morgan fingerprint density at radius 2 is 1.52 bits per heavy atom. The van der Waals surface area contributed by atoms with E-state index in [9.17, 15) is 39.2 Å². The van der Waals surface area contributed by atoms with Crippen LogP contribution in [0.25, 0.3) is 0 Å². The van der Waals surface area contributed by atoms with E-state index in [1.54, 1.807) is 0 Å². The van der Waals surface area contributed by atoms with Crippen LogP contribution in [0.3, 0.4) is 0 Å². The number of thioether (sulfide) groups is 1. The number of phenols is 1. The molecule has 5 N–H and O–H groups in total. The maximum Gasteiger partial charge on any atom is 0.315 e. The van der Waals surface area contributed by atoms with E-state index in [0.29, 0.717) is 68.1 Å². The number of phenolic OH excluding ortho intramolecular Hbond substituents is 1. The molecule has 2 aliphatic rings. The van der Waals surface area contributed by atoms with E-state index in [1.165, 1.54) is 56.2 Å². The molecular formula is C45H68ClN5O11S. The number of ketones is 2. The summed E-state index contributed by atoms with van der Waals surface area (Å²) in [6.45, 7) is 10.5. The van der Waals surface area contributed by atoms with Gasteiger partial charge in [0, 0.05) is 81.1 Å². The number of nitro benzene ring substituents is 1. The predicted molar refractivity (Wildman–Crippen MR) is 247 cm³/mol. The van der Waals surface area contributed by atoms with Crippen molar-refractivity contribution in [2.45, 2.75) is 135 Å². The number of hydrogen-bond acceptors (Lipinski definition) is 12.